The molecule has 1 aliphatic rings. The van der Waals surface area contributed by atoms with Crippen molar-refractivity contribution in [1.29, 1.82) is 5.41 Å². The molecule has 0 aliphatic carbocycles. The second-order valence-corrected chi connectivity index (χ2v) is 27.2. The number of guanidine groups is 1. The smallest absolute Gasteiger partial charge is 0.408 e. The molecular weight excluding hydrogens is 1350 g/mol. The van der Waals surface area contributed by atoms with Crippen molar-refractivity contribution < 1.29 is 97.2 Å². The normalized spacial score (nSPS) is 23.0. The van der Waals surface area contributed by atoms with Crippen LogP contribution in [0.2, 0.25) is 0 Å². The molecule has 37 nitrogen and oxygen atoms in total. The zero-order chi connectivity index (χ0) is 77.9. The SMILES string of the molecule is CC[C@H](C)[C@@H]1NC(=O)[C@@H](CCCNC(=N)N)NC(=O)[C@H](CC(C)C)NC(=O)[C@H]([C@H](O)C(C)C)NC(=O)[C@@H](NC(=O)[C@H](Cc2ccc([N+](=O)[O-])cc2)NC(=O)[C@@H](CC(C)C)NC(=O)OC(C)(C)C)[C@@H](c2ccccc2)OC(=O)[C@H](CO)NC(=O)[C@H]([C@H](O)C(N)=O)NC(=O)CNC(=O)[C@H]([C@H](C)O)NC1=O. The molecule has 2 aromatic rings. The lowest BCUT2D eigenvalue weighted by molar-refractivity contribution is -0.384. The minimum atomic E-state index is -2.64. The summed E-state index contributed by atoms with van der Waals surface area (Å²) in [4.78, 5) is 198. The number of cyclic esters (lactones) is 1. The van der Waals surface area contributed by atoms with Crippen molar-refractivity contribution in [3.05, 3.63) is 75.8 Å². The van der Waals surface area contributed by atoms with Gasteiger partial charge in [0.1, 0.15) is 60.0 Å². The van der Waals surface area contributed by atoms with Gasteiger partial charge in [0, 0.05) is 25.1 Å². The molecule has 12 amide bonds. The minimum absolute atomic E-state index is 0.0184. The minimum Gasteiger partial charge on any atom is -0.453 e. The van der Waals surface area contributed by atoms with Crippen molar-refractivity contribution in [2.75, 3.05) is 19.7 Å². The first-order valence-corrected chi connectivity index (χ1v) is 33.6. The van der Waals surface area contributed by atoms with Crippen molar-refractivity contribution in [2.24, 2.45) is 35.1 Å². The van der Waals surface area contributed by atoms with E-state index in [0.29, 0.717) is 0 Å². The average Bonchev–Trinajstić information content (AvgIpc) is 0.812. The van der Waals surface area contributed by atoms with Crippen molar-refractivity contribution in [1.82, 2.24) is 63.8 Å². The number of amides is 12. The van der Waals surface area contributed by atoms with Gasteiger partial charge in [0.05, 0.1) is 30.3 Å². The van der Waals surface area contributed by atoms with E-state index < -0.39 is 216 Å². The quantitative estimate of drug-likeness (QED) is 0.0114. The van der Waals surface area contributed by atoms with Crippen LogP contribution in [0.15, 0.2) is 54.6 Å². The highest BCUT2D eigenvalue weighted by Crippen LogP contribution is 2.25. The maximum atomic E-state index is 15.7. The van der Waals surface area contributed by atoms with Crippen LogP contribution in [0, 0.1) is 39.2 Å². The number of nitrogens with two attached hydrogens (primary N) is 2. The Morgan fingerprint density at radius 1 is 0.689 bits per heavy atom. The Hall–Kier alpha value is -10.1. The molecule has 0 bridgehead atoms. The summed E-state index contributed by atoms with van der Waals surface area (Å²) >= 11 is 0. The molecule has 37 heteroatoms. The second kappa shape index (κ2) is 41.1. The number of non-ortho nitro benzene ring substituents is 1. The van der Waals surface area contributed by atoms with E-state index in [4.69, 9.17) is 26.4 Å². The second-order valence-electron chi connectivity index (χ2n) is 27.2. The number of nitrogens with zero attached hydrogens (tertiary/aromatic N) is 1. The number of alkyl carbamates (subject to hydrolysis) is 1. The Labute approximate surface area is 595 Å². The molecule has 0 radical (unpaired) electrons. The topological polar surface area (TPSA) is 585 Å². The van der Waals surface area contributed by atoms with Crippen LogP contribution in [0.4, 0.5) is 10.5 Å². The van der Waals surface area contributed by atoms with Crippen LogP contribution in [0.5, 0.6) is 0 Å². The highest BCUT2D eigenvalue weighted by Gasteiger charge is 2.44. The number of rotatable bonds is 25. The molecule has 21 N–H and O–H groups in total. The van der Waals surface area contributed by atoms with Gasteiger partial charge in [-0.05, 0) is 88.2 Å². The Balaban J connectivity index is 2.51. The van der Waals surface area contributed by atoms with Gasteiger partial charge in [-0.1, -0.05) is 104 Å². The predicted molar refractivity (Wildman–Crippen MR) is 368 cm³/mol. The van der Waals surface area contributed by atoms with Crippen LogP contribution in [0.1, 0.15) is 132 Å². The lowest BCUT2D eigenvalue weighted by atomic mass is 9.95. The van der Waals surface area contributed by atoms with Gasteiger partial charge >= 0.3 is 12.1 Å². The Morgan fingerprint density at radius 2 is 1.25 bits per heavy atom. The highest BCUT2D eigenvalue weighted by atomic mass is 16.6. The fourth-order valence-corrected chi connectivity index (χ4v) is 10.3. The summed E-state index contributed by atoms with van der Waals surface area (Å²) in [5.41, 5.74) is 9.40. The van der Waals surface area contributed by atoms with Gasteiger partial charge in [0.25, 0.3) is 5.69 Å². The number of hydrogen-bond acceptors (Lipinski definition) is 22. The van der Waals surface area contributed by atoms with E-state index in [1.807, 2.05) is 10.6 Å². The molecule has 0 saturated carbocycles. The maximum absolute atomic E-state index is 15.7. The first-order valence-electron chi connectivity index (χ1n) is 33.6. The Kier molecular flexibility index (Phi) is 34.7. The lowest BCUT2D eigenvalue weighted by Crippen LogP contribution is -2.64. The van der Waals surface area contributed by atoms with E-state index in [1.54, 1.807) is 62.3 Å². The number of carbonyl (C=O) groups excluding carboxylic acids is 13. The van der Waals surface area contributed by atoms with Crippen LogP contribution in [-0.2, 0) is 73.4 Å². The van der Waals surface area contributed by atoms with Gasteiger partial charge in [-0.25, -0.2) is 9.59 Å². The zero-order valence-electron chi connectivity index (χ0n) is 59.8. The molecule has 1 saturated heterocycles. The number of nitrogens with one attached hydrogen (secondary N) is 13. The first kappa shape index (κ1) is 87.1. The predicted octanol–water partition coefficient (Wildman–Crippen LogP) is -3.55. The van der Waals surface area contributed by atoms with Crippen LogP contribution >= 0.6 is 0 Å². The summed E-state index contributed by atoms with van der Waals surface area (Å²) in [6, 6.07) is -7.90. The molecule has 15 atom stereocenters. The van der Waals surface area contributed by atoms with Crippen molar-refractivity contribution in [3.63, 3.8) is 0 Å². The number of aliphatic hydroxyl groups is 4. The molecule has 2 aromatic carbocycles. The van der Waals surface area contributed by atoms with E-state index in [9.17, 15) is 78.5 Å². The molecule has 1 fully saturated rings. The lowest BCUT2D eigenvalue weighted by Gasteiger charge is -2.33. The molecule has 572 valence electrons. The molecule has 103 heavy (non-hydrogen) atoms. The van der Waals surface area contributed by atoms with Crippen LogP contribution in [0.3, 0.4) is 0 Å². The maximum Gasteiger partial charge on any atom is 0.408 e. The number of benzene rings is 2. The molecule has 1 aliphatic heterocycles. The van der Waals surface area contributed by atoms with E-state index in [2.05, 4.69) is 53.2 Å². The largest absolute Gasteiger partial charge is 0.453 e. The molecular formula is C66H102N16O21. The third kappa shape index (κ3) is 28.7. The average molecular weight is 1460 g/mol. The van der Waals surface area contributed by atoms with Crippen molar-refractivity contribution >= 4 is 88.7 Å². The van der Waals surface area contributed by atoms with E-state index >= 15 is 14.4 Å². The number of esters is 1. The molecule has 3 rings (SSSR count). The molecule has 0 spiro atoms. The Morgan fingerprint density at radius 3 is 1.79 bits per heavy atom. The third-order valence-electron chi connectivity index (χ3n) is 16.0. The van der Waals surface area contributed by atoms with Crippen molar-refractivity contribution in [3.8, 4) is 0 Å². The number of primary amides is 1. The van der Waals surface area contributed by atoms with E-state index in [1.165, 1.54) is 56.3 Å². The first-order chi connectivity index (χ1) is 48.1. The monoisotopic (exact) mass is 1450 g/mol. The summed E-state index contributed by atoms with van der Waals surface area (Å²) in [6.07, 6.45) is -10.4. The third-order valence-corrected chi connectivity index (χ3v) is 16.0. The highest BCUT2D eigenvalue weighted by molar-refractivity contribution is 6.00. The van der Waals surface area contributed by atoms with Gasteiger partial charge in [0.15, 0.2) is 24.2 Å². The fraction of sp³-hybridized carbons (Fsp3) is 0.606. The van der Waals surface area contributed by atoms with Gasteiger partial charge in [-0.15, -0.1) is 0 Å². The molecule has 1 heterocycles. The van der Waals surface area contributed by atoms with E-state index in [0.717, 1.165) is 19.1 Å². The Bertz CT molecular complexity index is 3300. The molecule has 0 unspecified atom stereocenters. The molecule has 0 aromatic heterocycles. The van der Waals surface area contributed by atoms with Crippen LogP contribution in [0.25, 0.3) is 0 Å². The standard InChI is InChI=1S/C66H102N16O21/c1-13-34(8)45-59(94)79-46(35(9)84)58(93)71-29-44(85)77-48(51(87)53(67)88)61(96)75-43(30-83)63(98)102-52(37-18-15-14-16-19-37)49(81-57(92)42(28-36-21-23-38(24-22-36)82(100)101)73-56(91)41(27-32(4)5)76-65(99)103-66(10,11)12)62(97)80-47(50(86)33(6)7)60(95)74-40(26-31(2)3)55(90)72-39(54(89)78-45)20-17-25-70-64(68)69/h14-16,18-19,21-24,31-35,39-43,45-52,83-84,86-87H,13,17,20,25-30H2,1-12H3,(H2,67,88)(H,71,93)(H,72,90)(H,73,91)(H,74,95)(H,75,96)(H,76,99)(H,77,85)(H,78,89)(H,79,94)(H,80,97)(H,81,92)(H4,68,69,70)/t34-,35-,39+,40-,41+,42-,43-,45-,46-,47-,48-,49-,50+,51-,52+/m0/s1. The van der Waals surface area contributed by atoms with Crippen LogP contribution in [-0.4, -0.2) is 212 Å². The van der Waals surface area contributed by atoms with Gasteiger partial charge < -0.3 is 105 Å². The van der Waals surface area contributed by atoms with Crippen molar-refractivity contribution in [2.45, 2.75) is 212 Å². The number of aliphatic hydroxyl groups excluding tert-OH is 4. The number of carbonyl (C=O) groups is 13. The zero-order valence-corrected chi connectivity index (χ0v) is 59.8. The number of nitro benzene ring substituents is 1. The summed E-state index contributed by atoms with van der Waals surface area (Å²) in [7, 11) is 0. The van der Waals surface area contributed by atoms with E-state index in [-0.39, 0.29) is 61.4 Å². The fourth-order valence-electron chi connectivity index (χ4n) is 10.3. The number of nitro groups is 1. The van der Waals surface area contributed by atoms with Gasteiger partial charge in [-0.2, -0.15) is 0 Å². The number of hydrogen-bond donors (Lipinski definition) is 19. The summed E-state index contributed by atoms with van der Waals surface area (Å²) < 4.78 is 11.4. The number of ether oxygens (including phenoxy) is 2. The summed E-state index contributed by atoms with van der Waals surface area (Å²) in [5.74, 6) is -18.7. The van der Waals surface area contributed by atoms with Crippen LogP contribution < -0.4 is 75.3 Å². The summed E-state index contributed by atoms with van der Waals surface area (Å²) in [5, 5.41) is 92.7. The summed E-state index contributed by atoms with van der Waals surface area (Å²) in [6.45, 7) is 16.0. The van der Waals surface area contributed by atoms with Gasteiger partial charge in [0.2, 0.25) is 65.0 Å². The van der Waals surface area contributed by atoms with Gasteiger partial charge in [-0.3, -0.25) is 68.3 Å².